The SMILES string of the molecule is COc1ccc2c(CCCO)cn(CCCN)c2c1. The standard InChI is InChI=1S/C15H22N2O2/c1-19-13-5-6-14-12(4-2-9-18)11-17(8-3-7-16)15(14)10-13/h5-6,10-11,18H,2-4,7-9,16H2,1H3. The smallest absolute Gasteiger partial charge is 0.120 e. The van der Waals surface area contributed by atoms with Gasteiger partial charge in [-0.1, -0.05) is 0 Å². The summed E-state index contributed by atoms with van der Waals surface area (Å²) in [6.07, 6.45) is 4.83. The predicted octanol–water partition coefficient (Wildman–Crippen LogP) is 1.92. The maximum absolute atomic E-state index is 8.99. The quantitative estimate of drug-likeness (QED) is 0.801. The van der Waals surface area contributed by atoms with Gasteiger partial charge in [0, 0.05) is 30.8 Å². The topological polar surface area (TPSA) is 60.4 Å². The van der Waals surface area contributed by atoms with E-state index in [0.29, 0.717) is 6.54 Å². The molecule has 2 aromatic rings. The number of nitrogens with two attached hydrogens (primary N) is 1. The van der Waals surface area contributed by atoms with Crippen molar-refractivity contribution in [2.75, 3.05) is 20.3 Å². The molecule has 1 aromatic heterocycles. The second-order valence-electron chi connectivity index (χ2n) is 4.70. The molecule has 2 rings (SSSR count). The highest BCUT2D eigenvalue weighted by Crippen LogP contribution is 2.27. The number of rotatable bonds is 7. The highest BCUT2D eigenvalue weighted by molar-refractivity contribution is 5.85. The van der Waals surface area contributed by atoms with Crippen LogP contribution in [0, 0.1) is 0 Å². The summed E-state index contributed by atoms with van der Waals surface area (Å²) in [5, 5.41) is 10.2. The molecule has 4 nitrogen and oxygen atoms in total. The molecule has 0 bridgehead atoms. The zero-order valence-corrected chi connectivity index (χ0v) is 11.4. The van der Waals surface area contributed by atoms with E-state index in [1.807, 2.05) is 6.07 Å². The molecule has 0 saturated heterocycles. The van der Waals surface area contributed by atoms with Gasteiger partial charge in [0.15, 0.2) is 0 Å². The van der Waals surface area contributed by atoms with Crippen LogP contribution in [0.1, 0.15) is 18.4 Å². The van der Waals surface area contributed by atoms with E-state index < -0.39 is 0 Å². The first-order chi connectivity index (χ1) is 9.30. The van der Waals surface area contributed by atoms with Gasteiger partial charge < -0.3 is 20.1 Å². The molecule has 3 N–H and O–H groups in total. The van der Waals surface area contributed by atoms with Crippen LogP contribution < -0.4 is 10.5 Å². The average Bonchev–Trinajstić information content (AvgIpc) is 2.80. The first kappa shape index (κ1) is 13.9. The van der Waals surface area contributed by atoms with E-state index in [9.17, 15) is 0 Å². The number of ether oxygens (including phenoxy) is 1. The second kappa shape index (κ2) is 6.59. The van der Waals surface area contributed by atoms with E-state index in [2.05, 4.69) is 22.9 Å². The summed E-state index contributed by atoms with van der Waals surface area (Å²) in [5.41, 5.74) is 8.05. The summed E-state index contributed by atoms with van der Waals surface area (Å²) >= 11 is 0. The number of aliphatic hydroxyl groups is 1. The number of aliphatic hydroxyl groups excluding tert-OH is 1. The van der Waals surface area contributed by atoms with Crippen LogP contribution in [0.5, 0.6) is 5.75 Å². The molecule has 4 heteroatoms. The fourth-order valence-electron chi connectivity index (χ4n) is 2.39. The van der Waals surface area contributed by atoms with E-state index in [-0.39, 0.29) is 6.61 Å². The number of hydrogen-bond donors (Lipinski definition) is 2. The molecule has 0 spiro atoms. The summed E-state index contributed by atoms with van der Waals surface area (Å²) in [4.78, 5) is 0. The van der Waals surface area contributed by atoms with Crippen LogP contribution in [0.2, 0.25) is 0 Å². The molecule has 104 valence electrons. The molecule has 0 fully saturated rings. The fraction of sp³-hybridized carbons (Fsp3) is 0.467. The van der Waals surface area contributed by atoms with Gasteiger partial charge in [0.2, 0.25) is 0 Å². The van der Waals surface area contributed by atoms with Crippen molar-refractivity contribution in [2.24, 2.45) is 5.73 Å². The third kappa shape index (κ3) is 3.08. The third-order valence-corrected chi connectivity index (χ3v) is 3.38. The van der Waals surface area contributed by atoms with Gasteiger partial charge in [-0.2, -0.15) is 0 Å². The van der Waals surface area contributed by atoms with E-state index in [4.69, 9.17) is 15.6 Å². The summed E-state index contributed by atoms with van der Waals surface area (Å²) in [6, 6.07) is 6.15. The first-order valence-electron chi connectivity index (χ1n) is 6.77. The third-order valence-electron chi connectivity index (χ3n) is 3.38. The Labute approximate surface area is 113 Å². The first-order valence-corrected chi connectivity index (χ1v) is 6.77. The number of benzene rings is 1. The minimum absolute atomic E-state index is 0.228. The zero-order chi connectivity index (χ0) is 13.7. The van der Waals surface area contributed by atoms with Gasteiger partial charge in [-0.05, 0) is 43.5 Å². The molecule has 1 heterocycles. The number of aromatic nitrogens is 1. The Kier molecular flexibility index (Phi) is 4.82. The Morgan fingerprint density at radius 2 is 2.16 bits per heavy atom. The van der Waals surface area contributed by atoms with Crippen molar-refractivity contribution in [1.29, 1.82) is 0 Å². The fourth-order valence-corrected chi connectivity index (χ4v) is 2.39. The van der Waals surface area contributed by atoms with E-state index in [0.717, 1.165) is 31.6 Å². The van der Waals surface area contributed by atoms with E-state index in [1.165, 1.54) is 16.5 Å². The lowest BCUT2D eigenvalue weighted by atomic mass is 10.1. The normalized spacial score (nSPS) is 11.1. The van der Waals surface area contributed by atoms with Crippen LogP contribution in [-0.2, 0) is 13.0 Å². The van der Waals surface area contributed by atoms with Crippen LogP contribution in [0.15, 0.2) is 24.4 Å². The lowest BCUT2D eigenvalue weighted by molar-refractivity contribution is 0.288. The Morgan fingerprint density at radius 3 is 2.84 bits per heavy atom. The maximum atomic E-state index is 8.99. The molecule has 0 atom stereocenters. The van der Waals surface area contributed by atoms with Gasteiger partial charge >= 0.3 is 0 Å². The number of aryl methyl sites for hydroxylation is 2. The summed E-state index contributed by atoms with van der Waals surface area (Å²) < 4.78 is 7.53. The lowest BCUT2D eigenvalue weighted by Gasteiger charge is -2.05. The summed E-state index contributed by atoms with van der Waals surface area (Å²) in [7, 11) is 1.68. The van der Waals surface area contributed by atoms with Gasteiger partial charge in [-0.15, -0.1) is 0 Å². The van der Waals surface area contributed by atoms with Crippen molar-refractivity contribution in [3.05, 3.63) is 30.0 Å². The highest BCUT2D eigenvalue weighted by Gasteiger charge is 2.09. The van der Waals surface area contributed by atoms with Crippen molar-refractivity contribution in [3.8, 4) is 5.75 Å². The number of hydrogen-bond acceptors (Lipinski definition) is 3. The van der Waals surface area contributed by atoms with Gasteiger partial charge in [-0.25, -0.2) is 0 Å². The molecule has 19 heavy (non-hydrogen) atoms. The van der Waals surface area contributed by atoms with Crippen molar-refractivity contribution in [2.45, 2.75) is 25.8 Å². The van der Waals surface area contributed by atoms with Crippen molar-refractivity contribution >= 4 is 10.9 Å². The van der Waals surface area contributed by atoms with Crippen molar-refractivity contribution < 1.29 is 9.84 Å². The zero-order valence-electron chi connectivity index (χ0n) is 11.4. The van der Waals surface area contributed by atoms with Crippen LogP contribution in [0.25, 0.3) is 10.9 Å². The van der Waals surface area contributed by atoms with Gasteiger partial charge in [-0.3, -0.25) is 0 Å². The highest BCUT2D eigenvalue weighted by atomic mass is 16.5. The summed E-state index contributed by atoms with van der Waals surface area (Å²) in [6.45, 7) is 1.83. The second-order valence-corrected chi connectivity index (χ2v) is 4.70. The largest absolute Gasteiger partial charge is 0.497 e. The van der Waals surface area contributed by atoms with E-state index in [1.54, 1.807) is 7.11 Å². The Hall–Kier alpha value is -1.52. The molecule has 0 amide bonds. The molecule has 0 unspecified atom stereocenters. The van der Waals surface area contributed by atoms with Gasteiger partial charge in [0.25, 0.3) is 0 Å². The lowest BCUT2D eigenvalue weighted by Crippen LogP contribution is -2.04. The Morgan fingerprint density at radius 1 is 1.32 bits per heavy atom. The minimum Gasteiger partial charge on any atom is -0.497 e. The maximum Gasteiger partial charge on any atom is 0.120 e. The molecule has 0 aliphatic carbocycles. The number of fused-ring (bicyclic) bond motifs is 1. The van der Waals surface area contributed by atoms with Crippen molar-refractivity contribution in [3.63, 3.8) is 0 Å². The summed E-state index contributed by atoms with van der Waals surface area (Å²) in [5.74, 6) is 0.869. The monoisotopic (exact) mass is 262 g/mol. The molecule has 1 aromatic carbocycles. The number of nitrogens with zero attached hydrogens (tertiary/aromatic N) is 1. The molecular weight excluding hydrogens is 240 g/mol. The predicted molar refractivity (Wildman–Crippen MR) is 77.6 cm³/mol. The Bertz CT molecular complexity index is 534. The molecule has 0 aliphatic heterocycles. The molecular formula is C15H22N2O2. The number of methoxy groups -OCH3 is 1. The average molecular weight is 262 g/mol. The van der Waals surface area contributed by atoms with E-state index >= 15 is 0 Å². The molecule has 0 saturated carbocycles. The van der Waals surface area contributed by atoms with Gasteiger partial charge in [0.05, 0.1) is 12.6 Å². The van der Waals surface area contributed by atoms with Gasteiger partial charge in [0.1, 0.15) is 5.75 Å². The minimum atomic E-state index is 0.228. The van der Waals surface area contributed by atoms with Crippen LogP contribution >= 0.6 is 0 Å². The Balaban J connectivity index is 2.40. The van der Waals surface area contributed by atoms with Crippen LogP contribution in [0.4, 0.5) is 0 Å². The molecule has 0 radical (unpaired) electrons. The van der Waals surface area contributed by atoms with Crippen LogP contribution in [-0.4, -0.2) is 29.9 Å². The van der Waals surface area contributed by atoms with Crippen molar-refractivity contribution in [1.82, 2.24) is 4.57 Å². The van der Waals surface area contributed by atoms with Crippen LogP contribution in [0.3, 0.4) is 0 Å². The molecule has 0 aliphatic rings.